The summed E-state index contributed by atoms with van der Waals surface area (Å²) in [6.07, 6.45) is 0.548. The summed E-state index contributed by atoms with van der Waals surface area (Å²) in [5.74, 6) is 0.984. The van der Waals surface area contributed by atoms with Gasteiger partial charge in [0.2, 0.25) is 0 Å². The quantitative estimate of drug-likeness (QED) is 0.338. The van der Waals surface area contributed by atoms with E-state index in [2.05, 4.69) is 29.4 Å². The van der Waals surface area contributed by atoms with Crippen LogP contribution in [0.5, 0.6) is 0 Å². The Kier molecular flexibility index (Phi) is 9.39. The van der Waals surface area contributed by atoms with E-state index in [4.69, 9.17) is 9.73 Å². The first-order chi connectivity index (χ1) is 13.8. The molecule has 0 unspecified atom stereocenters. The molecule has 2 rings (SSSR count). The summed E-state index contributed by atoms with van der Waals surface area (Å²) in [7, 11) is -3.11. The molecule has 0 radical (unpaired) electrons. The second-order valence-electron chi connectivity index (χ2n) is 7.96. The van der Waals surface area contributed by atoms with Crippen LogP contribution in [0.25, 0.3) is 0 Å². The highest BCUT2D eigenvalue weighted by Crippen LogP contribution is 2.16. The standard InChI is InChI=1S/C21H36N4O3S/c1-4-22-20(24-18-21(2,3)25-12-14-28-15-13-25)23-11-8-16-29(26,27)17-19-9-6-5-7-10-19/h5-7,9-10H,4,8,11-18H2,1-3H3,(H2,22,23,24). The van der Waals surface area contributed by atoms with Crippen LogP contribution < -0.4 is 10.6 Å². The smallest absolute Gasteiger partial charge is 0.191 e. The van der Waals surface area contributed by atoms with Gasteiger partial charge in [-0.05, 0) is 32.8 Å². The van der Waals surface area contributed by atoms with Crippen molar-refractivity contribution in [3.63, 3.8) is 0 Å². The van der Waals surface area contributed by atoms with Crippen molar-refractivity contribution in [3.8, 4) is 0 Å². The topological polar surface area (TPSA) is 83.0 Å². The Bertz CT molecular complexity index is 730. The van der Waals surface area contributed by atoms with Gasteiger partial charge < -0.3 is 15.4 Å². The zero-order valence-electron chi connectivity index (χ0n) is 18.0. The Labute approximate surface area is 175 Å². The van der Waals surface area contributed by atoms with Gasteiger partial charge in [-0.25, -0.2) is 8.42 Å². The van der Waals surface area contributed by atoms with Gasteiger partial charge in [0, 0.05) is 31.7 Å². The van der Waals surface area contributed by atoms with E-state index in [1.54, 1.807) is 0 Å². The summed E-state index contributed by atoms with van der Waals surface area (Å²) in [5, 5.41) is 6.51. The monoisotopic (exact) mass is 424 g/mol. The first-order valence-electron chi connectivity index (χ1n) is 10.4. The van der Waals surface area contributed by atoms with E-state index < -0.39 is 9.84 Å². The molecule has 164 valence electrons. The van der Waals surface area contributed by atoms with Gasteiger partial charge in [0.05, 0.1) is 31.3 Å². The molecule has 1 aromatic rings. The fourth-order valence-electron chi connectivity index (χ4n) is 3.28. The van der Waals surface area contributed by atoms with Crippen LogP contribution in [0.4, 0.5) is 0 Å². The average Bonchev–Trinajstić information content (AvgIpc) is 2.70. The minimum Gasteiger partial charge on any atom is -0.379 e. The van der Waals surface area contributed by atoms with Gasteiger partial charge in [0.15, 0.2) is 15.8 Å². The van der Waals surface area contributed by atoms with Crippen molar-refractivity contribution in [2.24, 2.45) is 4.99 Å². The maximum atomic E-state index is 12.3. The molecule has 7 nitrogen and oxygen atoms in total. The third-order valence-corrected chi connectivity index (χ3v) is 6.67. The number of sulfone groups is 1. The van der Waals surface area contributed by atoms with Crippen LogP contribution in [-0.2, 0) is 20.3 Å². The van der Waals surface area contributed by atoms with Crippen molar-refractivity contribution in [3.05, 3.63) is 35.9 Å². The number of hydrogen-bond donors (Lipinski definition) is 2. The van der Waals surface area contributed by atoms with Gasteiger partial charge in [-0.15, -0.1) is 0 Å². The van der Waals surface area contributed by atoms with E-state index in [1.807, 2.05) is 37.3 Å². The third-order valence-electron chi connectivity index (χ3n) is 4.99. The molecule has 1 heterocycles. The Morgan fingerprint density at radius 3 is 2.52 bits per heavy atom. The summed E-state index contributed by atoms with van der Waals surface area (Å²) < 4.78 is 30.1. The molecule has 0 aromatic heterocycles. The van der Waals surface area contributed by atoms with Gasteiger partial charge in [-0.1, -0.05) is 30.3 Å². The molecular weight excluding hydrogens is 388 g/mol. The predicted molar refractivity (Wildman–Crippen MR) is 119 cm³/mol. The molecule has 0 amide bonds. The second kappa shape index (κ2) is 11.5. The number of nitrogens with zero attached hydrogens (tertiary/aromatic N) is 2. The lowest BCUT2D eigenvalue weighted by Crippen LogP contribution is -2.52. The predicted octanol–water partition coefficient (Wildman–Crippen LogP) is 1.66. The molecule has 0 spiro atoms. The molecule has 1 fully saturated rings. The first kappa shape index (κ1) is 23.6. The van der Waals surface area contributed by atoms with E-state index in [9.17, 15) is 8.42 Å². The number of ether oxygens (including phenoxy) is 1. The summed E-state index contributed by atoms with van der Waals surface area (Å²) in [6.45, 7) is 11.8. The summed E-state index contributed by atoms with van der Waals surface area (Å²) >= 11 is 0. The maximum absolute atomic E-state index is 12.3. The van der Waals surface area contributed by atoms with E-state index >= 15 is 0 Å². The zero-order chi connectivity index (χ0) is 21.2. The molecule has 29 heavy (non-hydrogen) atoms. The molecule has 1 saturated heterocycles. The van der Waals surface area contributed by atoms with Crippen LogP contribution in [0.1, 0.15) is 32.8 Å². The fourth-order valence-corrected chi connectivity index (χ4v) is 4.71. The van der Waals surface area contributed by atoms with Crippen LogP contribution in [0, 0.1) is 0 Å². The number of benzene rings is 1. The molecule has 1 aliphatic heterocycles. The maximum Gasteiger partial charge on any atom is 0.191 e. The highest BCUT2D eigenvalue weighted by atomic mass is 32.2. The highest BCUT2D eigenvalue weighted by Gasteiger charge is 2.28. The van der Waals surface area contributed by atoms with E-state index in [0.29, 0.717) is 19.5 Å². The third kappa shape index (κ3) is 8.72. The average molecular weight is 425 g/mol. The van der Waals surface area contributed by atoms with Crippen LogP contribution in [0.3, 0.4) is 0 Å². The van der Waals surface area contributed by atoms with Crippen LogP contribution in [-0.4, -0.2) is 76.5 Å². The normalized spacial score (nSPS) is 16.6. The van der Waals surface area contributed by atoms with Gasteiger partial charge in [0.1, 0.15) is 0 Å². The van der Waals surface area contributed by atoms with E-state index in [1.165, 1.54) is 0 Å². The summed E-state index contributed by atoms with van der Waals surface area (Å²) in [6, 6.07) is 9.32. The molecule has 1 aromatic carbocycles. The number of morpholine rings is 1. The molecule has 0 bridgehead atoms. The molecule has 0 atom stereocenters. The second-order valence-corrected chi connectivity index (χ2v) is 10.1. The lowest BCUT2D eigenvalue weighted by atomic mass is 10.0. The number of rotatable bonds is 10. The van der Waals surface area contributed by atoms with Crippen molar-refractivity contribution in [1.82, 2.24) is 15.5 Å². The summed E-state index contributed by atoms with van der Waals surface area (Å²) in [4.78, 5) is 7.13. The fraction of sp³-hybridized carbons (Fsp3) is 0.667. The minimum atomic E-state index is -3.11. The van der Waals surface area contributed by atoms with Crippen molar-refractivity contribution < 1.29 is 13.2 Å². The number of aliphatic imine (C=N–C) groups is 1. The van der Waals surface area contributed by atoms with E-state index in [0.717, 1.165) is 44.4 Å². The van der Waals surface area contributed by atoms with Crippen molar-refractivity contribution in [1.29, 1.82) is 0 Å². The Morgan fingerprint density at radius 2 is 1.86 bits per heavy atom. The SMILES string of the molecule is CCNC(=NCC(C)(C)N1CCOCC1)NCCCS(=O)(=O)Cc1ccccc1. The molecule has 8 heteroatoms. The lowest BCUT2D eigenvalue weighted by Gasteiger charge is -2.39. The molecular formula is C21H36N4O3S. The van der Waals surface area contributed by atoms with Crippen LogP contribution in [0.2, 0.25) is 0 Å². The Morgan fingerprint density at radius 1 is 1.17 bits per heavy atom. The number of nitrogens with one attached hydrogen (secondary N) is 2. The number of guanidine groups is 1. The summed E-state index contributed by atoms with van der Waals surface area (Å²) in [5.41, 5.74) is 0.784. The zero-order valence-corrected chi connectivity index (χ0v) is 18.8. The van der Waals surface area contributed by atoms with Gasteiger partial charge in [-0.2, -0.15) is 0 Å². The van der Waals surface area contributed by atoms with E-state index in [-0.39, 0.29) is 17.0 Å². The van der Waals surface area contributed by atoms with Crippen molar-refractivity contribution in [2.75, 3.05) is 51.7 Å². The van der Waals surface area contributed by atoms with Gasteiger partial charge in [-0.3, -0.25) is 9.89 Å². The van der Waals surface area contributed by atoms with Crippen molar-refractivity contribution >= 4 is 15.8 Å². The van der Waals surface area contributed by atoms with Crippen LogP contribution >= 0.6 is 0 Å². The molecule has 2 N–H and O–H groups in total. The highest BCUT2D eigenvalue weighted by molar-refractivity contribution is 7.90. The largest absolute Gasteiger partial charge is 0.379 e. The van der Waals surface area contributed by atoms with Crippen molar-refractivity contribution in [2.45, 2.75) is 38.5 Å². The van der Waals surface area contributed by atoms with Gasteiger partial charge >= 0.3 is 0 Å². The molecule has 0 aliphatic carbocycles. The Hall–Kier alpha value is -1.64. The molecule has 0 saturated carbocycles. The van der Waals surface area contributed by atoms with Gasteiger partial charge in [0.25, 0.3) is 0 Å². The minimum absolute atomic E-state index is 0.0504. The lowest BCUT2D eigenvalue weighted by molar-refractivity contribution is -0.00683. The van der Waals surface area contributed by atoms with Crippen LogP contribution in [0.15, 0.2) is 35.3 Å². The first-order valence-corrected chi connectivity index (χ1v) is 12.2. The molecule has 1 aliphatic rings. The number of hydrogen-bond acceptors (Lipinski definition) is 5. The Balaban J connectivity index is 1.80.